The molecule has 0 aliphatic rings. The molecule has 1 heterocycles. The molecule has 1 aromatic heterocycles. The van der Waals surface area contributed by atoms with Gasteiger partial charge in [0, 0.05) is 9.77 Å². The number of rotatable bonds is 1. The van der Waals surface area contributed by atoms with E-state index in [-0.39, 0.29) is 15.7 Å². The average Bonchev–Trinajstić information content (AvgIpc) is 2.07. The zero-order valence-corrected chi connectivity index (χ0v) is 9.80. The molecule has 0 aromatic carbocycles. The first-order chi connectivity index (χ1) is 6.07. The number of pyridine rings is 1. The lowest BCUT2D eigenvalue weighted by atomic mass is 10.2. The van der Waals surface area contributed by atoms with Crippen molar-refractivity contribution in [1.29, 1.82) is 5.26 Å². The molecule has 1 rings (SSSR count). The largest absolute Gasteiger partial charge is 0.266 e. The maximum absolute atomic E-state index is 12.5. The van der Waals surface area contributed by atoms with Crippen LogP contribution in [0.5, 0.6) is 0 Å². The van der Waals surface area contributed by atoms with Gasteiger partial charge in [0.15, 0.2) is 0 Å². The summed E-state index contributed by atoms with van der Waals surface area (Å²) >= 11 is 4.67. The topological polar surface area (TPSA) is 36.7 Å². The lowest BCUT2D eigenvalue weighted by Crippen LogP contribution is -1.97. The van der Waals surface area contributed by atoms with E-state index < -0.39 is 6.43 Å². The van der Waals surface area contributed by atoms with E-state index in [4.69, 9.17) is 5.26 Å². The molecule has 0 amide bonds. The molecule has 0 unspecified atom stereocenters. The van der Waals surface area contributed by atoms with E-state index in [0.29, 0.717) is 3.57 Å². The molecule has 0 N–H and O–H groups in total. The predicted octanol–water partition coefficient (Wildman–Crippen LogP) is 3.26. The van der Waals surface area contributed by atoms with Crippen molar-refractivity contribution in [3.63, 3.8) is 0 Å². The van der Waals surface area contributed by atoms with Gasteiger partial charge in [-0.1, -0.05) is 0 Å². The number of hydrogen-bond donors (Lipinski definition) is 0. The van der Waals surface area contributed by atoms with E-state index in [9.17, 15) is 8.78 Å². The zero-order valence-electron chi connectivity index (χ0n) is 6.06. The van der Waals surface area contributed by atoms with Crippen LogP contribution >= 0.6 is 38.5 Å². The van der Waals surface area contributed by atoms with Gasteiger partial charge in [-0.25, -0.2) is 13.8 Å². The highest BCUT2D eigenvalue weighted by molar-refractivity contribution is 14.1. The van der Waals surface area contributed by atoms with Crippen molar-refractivity contribution in [2.45, 2.75) is 6.43 Å². The third kappa shape index (κ3) is 2.14. The Hall–Kier alpha value is -0.290. The molecule has 0 atom stereocenters. The number of nitrogens with zero attached hydrogens (tertiary/aromatic N) is 2. The van der Waals surface area contributed by atoms with Crippen molar-refractivity contribution in [2.24, 2.45) is 0 Å². The van der Waals surface area contributed by atoms with Gasteiger partial charge in [0.05, 0.1) is 11.1 Å². The van der Waals surface area contributed by atoms with Gasteiger partial charge >= 0.3 is 0 Å². The van der Waals surface area contributed by atoms with Gasteiger partial charge in [-0.15, -0.1) is 0 Å². The molecule has 6 heteroatoms. The van der Waals surface area contributed by atoms with Crippen molar-refractivity contribution in [3.8, 4) is 6.07 Å². The number of halogens is 4. The minimum atomic E-state index is -2.65. The van der Waals surface area contributed by atoms with E-state index in [1.807, 2.05) is 0 Å². The molecule has 0 saturated heterocycles. The van der Waals surface area contributed by atoms with Crippen LogP contribution in [0.1, 0.15) is 17.6 Å². The lowest BCUT2D eigenvalue weighted by molar-refractivity contribution is 0.150. The summed E-state index contributed by atoms with van der Waals surface area (Å²) in [7, 11) is 0. The molecule has 13 heavy (non-hydrogen) atoms. The fourth-order valence-electron chi connectivity index (χ4n) is 0.798. The van der Waals surface area contributed by atoms with E-state index in [2.05, 4.69) is 20.9 Å². The molecule has 0 saturated carbocycles. The molecular weight excluding hydrogens is 357 g/mol. The molecule has 2 nitrogen and oxygen atoms in total. The Bertz CT molecular complexity index is 375. The van der Waals surface area contributed by atoms with Crippen LogP contribution in [0.2, 0.25) is 0 Å². The number of alkyl halides is 2. The van der Waals surface area contributed by atoms with E-state index in [0.717, 1.165) is 0 Å². The Labute approximate surface area is 95.2 Å². The molecular formula is C7H2BrF2IN2. The second kappa shape index (κ2) is 4.28. The highest BCUT2D eigenvalue weighted by atomic mass is 127. The van der Waals surface area contributed by atoms with Gasteiger partial charge in [-0.2, -0.15) is 5.26 Å². The fourth-order valence-corrected chi connectivity index (χ4v) is 1.85. The number of aromatic nitrogens is 1. The summed E-state index contributed by atoms with van der Waals surface area (Å²) in [6.07, 6.45) is -1.35. The summed E-state index contributed by atoms with van der Waals surface area (Å²) in [4.78, 5) is 3.75. The quantitative estimate of drug-likeness (QED) is 0.570. The monoisotopic (exact) mass is 358 g/mol. The molecule has 0 spiro atoms. The van der Waals surface area contributed by atoms with Gasteiger partial charge in [-0.05, 0) is 38.5 Å². The van der Waals surface area contributed by atoms with Crippen LogP contribution in [0.3, 0.4) is 0 Å². The first kappa shape index (κ1) is 10.8. The average molecular weight is 359 g/mol. The van der Waals surface area contributed by atoms with Crippen molar-refractivity contribution < 1.29 is 8.78 Å². The Morgan fingerprint density at radius 1 is 1.62 bits per heavy atom. The zero-order chi connectivity index (χ0) is 10.0. The number of hydrogen-bond acceptors (Lipinski definition) is 2. The van der Waals surface area contributed by atoms with Crippen molar-refractivity contribution >= 4 is 38.5 Å². The highest BCUT2D eigenvalue weighted by Gasteiger charge is 2.19. The van der Waals surface area contributed by atoms with Crippen LogP contribution in [0.15, 0.2) is 10.8 Å². The van der Waals surface area contributed by atoms with Crippen LogP contribution in [-0.2, 0) is 0 Å². The third-order valence-corrected chi connectivity index (χ3v) is 2.82. The minimum absolute atomic E-state index is 0.0955. The Morgan fingerprint density at radius 2 is 2.23 bits per heavy atom. The summed E-state index contributed by atoms with van der Waals surface area (Å²) in [5.41, 5.74) is -0.355. The summed E-state index contributed by atoms with van der Waals surface area (Å²) in [5, 5.41) is 8.62. The molecule has 0 radical (unpaired) electrons. The summed E-state index contributed by atoms with van der Waals surface area (Å²) in [6.45, 7) is 0. The van der Waals surface area contributed by atoms with Crippen LogP contribution in [0.4, 0.5) is 8.78 Å². The normalized spacial score (nSPS) is 10.2. The van der Waals surface area contributed by atoms with E-state index in [1.165, 1.54) is 6.20 Å². The van der Waals surface area contributed by atoms with Gasteiger partial charge in [-0.3, -0.25) is 0 Å². The first-order valence-corrected chi connectivity index (χ1v) is 4.97. The van der Waals surface area contributed by atoms with Gasteiger partial charge in [0.1, 0.15) is 10.7 Å². The Balaban J connectivity index is 3.46. The second-order valence-corrected chi connectivity index (χ2v) is 4.01. The molecule has 0 bridgehead atoms. The second-order valence-electron chi connectivity index (χ2n) is 2.10. The van der Waals surface area contributed by atoms with Gasteiger partial charge < -0.3 is 0 Å². The fraction of sp³-hybridized carbons (Fsp3) is 0.143. The van der Waals surface area contributed by atoms with Crippen LogP contribution in [0.25, 0.3) is 0 Å². The van der Waals surface area contributed by atoms with E-state index >= 15 is 0 Å². The molecule has 0 aliphatic heterocycles. The standard InChI is InChI=1S/C7H2BrF2IN2/c8-6-3(1-12)5(7(9)10)4(11)2-13-6/h2,7H. The van der Waals surface area contributed by atoms with E-state index in [1.54, 1.807) is 28.7 Å². The van der Waals surface area contributed by atoms with Crippen LogP contribution < -0.4 is 0 Å². The minimum Gasteiger partial charge on any atom is -0.247 e. The van der Waals surface area contributed by atoms with Crippen LogP contribution in [0, 0.1) is 14.9 Å². The maximum Gasteiger partial charge on any atom is 0.266 e. The third-order valence-electron chi connectivity index (χ3n) is 1.35. The highest BCUT2D eigenvalue weighted by Crippen LogP contribution is 2.30. The van der Waals surface area contributed by atoms with Gasteiger partial charge in [0.2, 0.25) is 0 Å². The predicted molar refractivity (Wildman–Crippen MR) is 54.3 cm³/mol. The summed E-state index contributed by atoms with van der Waals surface area (Å²) in [6, 6.07) is 1.69. The summed E-state index contributed by atoms with van der Waals surface area (Å²) < 4.78 is 25.4. The Morgan fingerprint density at radius 3 is 2.62 bits per heavy atom. The maximum atomic E-state index is 12.5. The van der Waals surface area contributed by atoms with Crippen LogP contribution in [-0.4, -0.2) is 4.98 Å². The molecule has 1 aromatic rings. The van der Waals surface area contributed by atoms with Crippen molar-refractivity contribution in [1.82, 2.24) is 4.98 Å². The lowest BCUT2D eigenvalue weighted by Gasteiger charge is -2.05. The smallest absolute Gasteiger partial charge is 0.247 e. The molecule has 0 fully saturated rings. The molecule has 68 valence electrons. The SMILES string of the molecule is N#Cc1c(Br)ncc(I)c1C(F)F. The van der Waals surface area contributed by atoms with Gasteiger partial charge in [0.25, 0.3) is 6.43 Å². The number of nitriles is 1. The molecule has 0 aliphatic carbocycles. The first-order valence-electron chi connectivity index (χ1n) is 3.10. The summed E-state index contributed by atoms with van der Waals surface area (Å²) in [5.74, 6) is 0. The van der Waals surface area contributed by atoms with Crippen molar-refractivity contribution in [2.75, 3.05) is 0 Å². The van der Waals surface area contributed by atoms with Crippen molar-refractivity contribution in [3.05, 3.63) is 25.5 Å². The Kier molecular flexibility index (Phi) is 3.55.